The highest BCUT2D eigenvalue weighted by Crippen LogP contribution is 2.27. The van der Waals surface area contributed by atoms with Crippen LogP contribution in [0.3, 0.4) is 0 Å². The Bertz CT molecular complexity index is 774. The molecule has 1 amide bonds. The number of nitrogens with zero attached hydrogens (tertiary/aromatic N) is 4. The molecule has 0 bridgehead atoms. The van der Waals surface area contributed by atoms with E-state index in [9.17, 15) is 4.79 Å². The summed E-state index contributed by atoms with van der Waals surface area (Å²) in [6.45, 7) is 9.09. The molecule has 2 heterocycles. The largest absolute Gasteiger partial charge is 0.496 e. The number of hydrogen-bond donors (Lipinski definition) is 1. The van der Waals surface area contributed by atoms with Gasteiger partial charge in [-0.25, -0.2) is 4.79 Å². The number of aliphatic imine (C=N–C) groups is 1. The van der Waals surface area contributed by atoms with E-state index < -0.39 is 5.60 Å². The fourth-order valence-corrected chi connectivity index (χ4v) is 3.92. The van der Waals surface area contributed by atoms with Crippen molar-refractivity contribution < 1.29 is 14.3 Å². The summed E-state index contributed by atoms with van der Waals surface area (Å²) in [6.07, 6.45) is -0.243. The molecule has 0 radical (unpaired) electrons. The van der Waals surface area contributed by atoms with Gasteiger partial charge in [-0.1, -0.05) is 18.2 Å². The lowest BCUT2D eigenvalue weighted by Gasteiger charge is -2.39. The Morgan fingerprint density at radius 3 is 2.70 bits per heavy atom. The second-order valence-corrected chi connectivity index (χ2v) is 9.04. The molecule has 3 rings (SSSR count). The van der Waals surface area contributed by atoms with Crippen molar-refractivity contribution in [2.75, 3.05) is 53.9 Å². The van der Waals surface area contributed by atoms with Gasteiger partial charge in [-0.2, -0.15) is 0 Å². The van der Waals surface area contributed by atoms with Crippen LogP contribution in [0.25, 0.3) is 0 Å². The van der Waals surface area contributed by atoms with Crippen molar-refractivity contribution in [3.05, 3.63) is 29.8 Å². The van der Waals surface area contributed by atoms with Gasteiger partial charge in [0.15, 0.2) is 5.96 Å². The van der Waals surface area contributed by atoms with Crippen molar-refractivity contribution in [1.29, 1.82) is 0 Å². The van der Waals surface area contributed by atoms with Gasteiger partial charge in [-0.3, -0.25) is 4.99 Å². The Kier molecular flexibility index (Phi) is 6.75. The standard InChI is InChI=1S/C22H35N5O3/c1-22(2,3)30-21(28)26-11-12-27-16(15-26)13-23-20(27)24-14-18(25(4)5)17-9-7-8-10-19(17)29-6/h7-10,16,18H,11-15H2,1-6H3,(H,23,24). The Hall–Kier alpha value is -2.48. The van der Waals surface area contributed by atoms with Gasteiger partial charge < -0.3 is 29.5 Å². The molecular formula is C22H35N5O3. The number of nitrogens with one attached hydrogen (secondary N) is 1. The van der Waals surface area contributed by atoms with Gasteiger partial charge in [-0.15, -0.1) is 0 Å². The molecule has 2 unspecified atom stereocenters. The Morgan fingerprint density at radius 1 is 1.30 bits per heavy atom. The molecule has 0 aliphatic carbocycles. The van der Waals surface area contributed by atoms with Crippen LogP contribution in [0.4, 0.5) is 4.79 Å². The predicted octanol–water partition coefficient (Wildman–Crippen LogP) is 2.18. The first-order valence-electron chi connectivity index (χ1n) is 10.5. The number of amides is 1. The van der Waals surface area contributed by atoms with Crippen molar-refractivity contribution in [3.8, 4) is 5.75 Å². The number of piperazine rings is 1. The number of rotatable bonds is 5. The minimum Gasteiger partial charge on any atom is -0.496 e. The average Bonchev–Trinajstić information content (AvgIpc) is 3.09. The van der Waals surface area contributed by atoms with Crippen LogP contribution < -0.4 is 10.1 Å². The predicted molar refractivity (Wildman–Crippen MR) is 118 cm³/mol. The van der Waals surface area contributed by atoms with Crippen molar-refractivity contribution in [2.24, 2.45) is 4.99 Å². The molecular weight excluding hydrogens is 382 g/mol. The maximum absolute atomic E-state index is 12.4. The third-order valence-corrected chi connectivity index (χ3v) is 5.43. The smallest absolute Gasteiger partial charge is 0.410 e. The lowest BCUT2D eigenvalue weighted by atomic mass is 10.0. The molecule has 1 N–H and O–H groups in total. The van der Waals surface area contributed by atoms with Crippen molar-refractivity contribution in [3.63, 3.8) is 0 Å². The zero-order valence-electron chi connectivity index (χ0n) is 19.0. The van der Waals surface area contributed by atoms with Crippen LogP contribution in [-0.4, -0.2) is 92.3 Å². The zero-order chi connectivity index (χ0) is 21.9. The summed E-state index contributed by atoms with van der Waals surface area (Å²) >= 11 is 0. The Morgan fingerprint density at radius 2 is 2.03 bits per heavy atom. The molecule has 0 spiro atoms. The molecule has 1 aromatic rings. The molecule has 1 saturated heterocycles. The highest BCUT2D eigenvalue weighted by Gasteiger charge is 2.36. The Balaban J connectivity index is 1.59. The second kappa shape index (κ2) is 9.12. The fraction of sp³-hybridized carbons (Fsp3) is 0.636. The van der Waals surface area contributed by atoms with E-state index in [0.29, 0.717) is 26.2 Å². The normalized spacial score (nSPS) is 20.0. The van der Waals surface area contributed by atoms with Gasteiger partial charge in [0.25, 0.3) is 0 Å². The number of benzene rings is 1. The third kappa shape index (κ3) is 5.16. The highest BCUT2D eigenvalue weighted by atomic mass is 16.6. The lowest BCUT2D eigenvalue weighted by Crippen LogP contribution is -2.58. The van der Waals surface area contributed by atoms with E-state index in [0.717, 1.165) is 23.8 Å². The summed E-state index contributed by atoms with van der Waals surface area (Å²) in [5, 5.41) is 3.54. The van der Waals surface area contributed by atoms with Gasteiger partial charge in [0.05, 0.1) is 25.7 Å². The summed E-state index contributed by atoms with van der Waals surface area (Å²) in [5.41, 5.74) is 0.662. The van der Waals surface area contributed by atoms with Crippen LogP contribution in [0.5, 0.6) is 5.75 Å². The van der Waals surface area contributed by atoms with E-state index in [-0.39, 0.29) is 18.2 Å². The van der Waals surface area contributed by atoms with Crippen molar-refractivity contribution in [2.45, 2.75) is 38.5 Å². The summed E-state index contributed by atoms with van der Waals surface area (Å²) < 4.78 is 11.1. The van der Waals surface area contributed by atoms with Crippen LogP contribution in [0, 0.1) is 0 Å². The monoisotopic (exact) mass is 417 g/mol. The number of carbonyl (C=O) groups excluding carboxylic acids is 1. The molecule has 2 atom stereocenters. The maximum atomic E-state index is 12.4. The Labute approximate surface area is 179 Å². The van der Waals surface area contributed by atoms with Gasteiger partial charge in [0.1, 0.15) is 11.4 Å². The number of carbonyl (C=O) groups is 1. The van der Waals surface area contributed by atoms with Crippen LogP contribution in [-0.2, 0) is 4.74 Å². The molecule has 30 heavy (non-hydrogen) atoms. The van der Waals surface area contributed by atoms with E-state index in [4.69, 9.17) is 14.5 Å². The van der Waals surface area contributed by atoms with Crippen LogP contribution in [0.1, 0.15) is 32.4 Å². The van der Waals surface area contributed by atoms with Crippen LogP contribution >= 0.6 is 0 Å². The molecule has 1 aromatic carbocycles. The second-order valence-electron chi connectivity index (χ2n) is 9.04. The summed E-state index contributed by atoms with van der Waals surface area (Å²) in [6, 6.07) is 8.45. The van der Waals surface area contributed by atoms with E-state index in [1.54, 1.807) is 12.0 Å². The van der Waals surface area contributed by atoms with E-state index in [2.05, 4.69) is 35.3 Å². The van der Waals surface area contributed by atoms with Gasteiger partial charge in [-0.05, 0) is 40.9 Å². The van der Waals surface area contributed by atoms with E-state index in [1.165, 1.54) is 0 Å². The summed E-state index contributed by atoms with van der Waals surface area (Å²) in [5.74, 6) is 1.79. The molecule has 8 nitrogen and oxygen atoms in total. The average molecular weight is 418 g/mol. The molecule has 2 aliphatic heterocycles. The molecule has 0 saturated carbocycles. The SMILES string of the molecule is COc1ccccc1C(CNC1=NCC2CN(C(=O)OC(C)(C)C)CCN12)N(C)C. The van der Waals surface area contributed by atoms with Gasteiger partial charge in [0.2, 0.25) is 0 Å². The van der Waals surface area contributed by atoms with Gasteiger partial charge in [0, 0.05) is 31.7 Å². The minimum atomic E-state index is -0.479. The zero-order valence-corrected chi connectivity index (χ0v) is 19.0. The third-order valence-electron chi connectivity index (χ3n) is 5.43. The number of hydrogen-bond acceptors (Lipinski definition) is 7. The van der Waals surface area contributed by atoms with Crippen LogP contribution in [0.15, 0.2) is 29.3 Å². The number of fused-ring (bicyclic) bond motifs is 1. The first kappa shape index (κ1) is 22.2. The first-order chi connectivity index (χ1) is 14.2. The number of guanidine groups is 1. The first-order valence-corrected chi connectivity index (χ1v) is 10.5. The number of methoxy groups -OCH3 is 1. The van der Waals surface area contributed by atoms with Crippen LogP contribution in [0.2, 0.25) is 0 Å². The number of para-hydroxylation sites is 1. The number of ether oxygens (including phenoxy) is 2. The summed E-state index contributed by atoms with van der Waals surface area (Å²) in [7, 11) is 5.84. The number of likely N-dealkylation sites (N-methyl/N-ethyl adjacent to an activating group) is 1. The highest BCUT2D eigenvalue weighted by molar-refractivity contribution is 5.82. The lowest BCUT2D eigenvalue weighted by molar-refractivity contribution is 0.0137. The van der Waals surface area contributed by atoms with Crippen molar-refractivity contribution >= 4 is 12.1 Å². The maximum Gasteiger partial charge on any atom is 0.410 e. The van der Waals surface area contributed by atoms with Crippen molar-refractivity contribution in [1.82, 2.24) is 20.0 Å². The van der Waals surface area contributed by atoms with E-state index >= 15 is 0 Å². The molecule has 166 valence electrons. The fourth-order valence-electron chi connectivity index (χ4n) is 3.92. The molecule has 0 aromatic heterocycles. The molecule has 8 heteroatoms. The van der Waals surface area contributed by atoms with E-state index in [1.807, 2.05) is 39.0 Å². The molecule has 2 aliphatic rings. The summed E-state index contributed by atoms with van der Waals surface area (Å²) in [4.78, 5) is 23.4. The minimum absolute atomic E-state index is 0.144. The quantitative estimate of drug-likeness (QED) is 0.792. The van der Waals surface area contributed by atoms with Gasteiger partial charge >= 0.3 is 6.09 Å². The molecule has 1 fully saturated rings. The topological polar surface area (TPSA) is 69.6 Å².